The first-order chi connectivity index (χ1) is 46.1. The van der Waals surface area contributed by atoms with Crippen LogP contribution in [0.2, 0.25) is 0 Å². The van der Waals surface area contributed by atoms with Gasteiger partial charge < -0.3 is 33.8 Å². The average molecular weight is 1410 g/mol. The van der Waals surface area contributed by atoms with Crippen LogP contribution in [0, 0.1) is 23.7 Å². The number of hydrogen-bond acceptors (Lipinski definition) is 15. The third kappa shape index (κ3) is 70.5. The van der Waals surface area contributed by atoms with Crippen molar-refractivity contribution in [2.75, 3.05) is 39.6 Å². The van der Waals surface area contributed by atoms with Crippen molar-refractivity contribution in [3.05, 3.63) is 0 Å². The second-order valence-electron chi connectivity index (χ2n) is 29.7. The lowest BCUT2D eigenvalue weighted by Gasteiger charge is -2.21. The van der Waals surface area contributed by atoms with Gasteiger partial charge in [-0.2, -0.15) is 0 Å². The fourth-order valence-electron chi connectivity index (χ4n) is 11.7. The predicted octanol–water partition coefficient (Wildman–Crippen LogP) is 22.4. The number of ether oxygens (including phenoxy) is 4. The molecule has 17 nitrogen and oxygen atoms in total. The molecule has 0 rings (SSSR count). The van der Waals surface area contributed by atoms with E-state index in [-0.39, 0.29) is 25.7 Å². The molecule has 0 heterocycles. The van der Waals surface area contributed by atoms with Crippen LogP contribution in [0.5, 0.6) is 0 Å². The van der Waals surface area contributed by atoms with Gasteiger partial charge in [-0.3, -0.25) is 37.3 Å². The molecule has 3 unspecified atom stereocenters. The lowest BCUT2D eigenvalue weighted by Crippen LogP contribution is -2.30. The summed E-state index contributed by atoms with van der Waals surface area (Å²) >= 11 is 0. The van der Waals surface area contributed by atoms with E-state index < -0.39 is 97.5 Å². The largest absolute Gasteiger partial charge is 0.472 e. The lowest BCUT2D eigenvalue weighted by atomic mass is 10.0. The zero-order valence-electron chi connectivity index (χ0n) is 63.0. The van der Waals surface area contributed by atoms with E-state index in [0.717, 1.165) is 114 Å². The quantitative estimate of drug-likeness (QED) is 0.0222. The van der Waals surface area contributed by atoms with Crippen LogP contribution >= 0.6 is 15.6 Å². The van der Waals surface area contributed by atoms with E-state index in [2.05, 4.69) is 55.4 Å². The van der Waals surface area contributed by atoms with Crippen LogP contribution < -0.4 is 0 Å². The number of phosphoric ester groups is 2. The smallest absolute Gasteiger partial charge is 0.462 e. The first-order valence-corrected chi connectivity index (χ1v) is 42.7. The number of esters is 4. The number of hydrogen-bond donors (Lipinski definition) is 3. The van der Waals surface area contributed by atoms with E-state index in [9.17, 15) is 43.2 Å². The van der Waals surface area contributed by atoms with Crippen molar-refractivity contribution in [1.82, 2.24) is 0 Å². The summed E-state index contributed by atoms with van der Waals surface area (Å²) in [7, 11) is -9.91. The van der Waals surface area contributed by atoms with E-state index in [4.69, 9.17) is 37.0 Å². The number of carbonyl (C=O) groups excluding carboxylic acids is 4. The lowest BCUT2D eigenvalue weighted by molar-refractivity contribution is -0.161. The summed E-state index contributed by atoms with van der Waals surface area (Å²) in [6.45, 7) is 14.2. The summed E-state index contributed by atoms with van der Waals surface area (Å²) in [6, 6.07) is 0. The van der Waals surface area contributed by atoms with Gasteiger partial charge in [0.15, 0.2) is 12.2 Å². The van der Waals surface area contributed by atoms with Crippen molar-refractivity contribution < 1.29 is 80.2 Å². The maximum Gasteiger partial charge on any atom is 0.472 e. The van der Waals surface area contributed by atoms with Crippen molar-refractivity contribution in [3.63, 3.8) is 0 Å². The maximum atomic E-state index is 13.1. The monoisotopic (exact) mass is 1410 g/mol. The number of rotatable bonds is 74. The topological polar surface area (TPSA) is 237 Å². The van der Waals surface area contributed by atoms with Gasteiger partial charge in [0, 0.05) is 25.7 Å². The third-order valence-corrected chi connectivity index (χ3v) is 19.7. The van der Waals surface area contributed by atoms with Crippen molar-refractivity contribution in [2.45, 2.75) is 408 Å². The second-order valence-corrected chi connectivity index (χ2v) is 32.6. The van der Waals surface area contributed by atoms with Gasteiger partial charge in [-0.05, 0) is 49.4 Å². The van der Waals surface area contributed by atoms with E-state index in [0.29, 0.717) is 31.6 Å². The molecule has 0 bridgehead atoms. The molecule has 19 heteroatoms. The van der Waals surface area contributed by atoms with Crippen LogP contribution in [0.1, 0.15) is 389 Å². The SMILES string of the molecule is CC(C)CCCCCCCCCCCCCCCCCCC(=O)O[C@H](COC(=O)CCCCCCCCC(C)C)COP(=O)(O)OCC(O)COP(=O)(O)OC[C@@H](COC(=O)CCCCCCCCCCCCCC(C)C)OC(=O)CCCCCCCCCCCCCC(C)C. The molecule has 0 aromatic heterocycles. The maximum absolute atomic E-state index is 13.1. The van der Waals surface area contributed by atoms with Gasteiger partial charge in [-0.1, -0.05) is 338 Å². The Balaban J connectivity index is 5.21. The van der Waals surface area contributed by atoms with Crippen molar-refractivity contribution in [1.29, 1.82) is 0 Å². The van der Waals surface area contributed by atoms with Crippen molar-refractivity contribution in [2.24, 2.45) is 23.7 Å². The molecule has 0 aliphatic rings. The highest BCUT2D eigenvalue weighted by Gasteiger charge is 2.30. The minimum atomic E-state index is -4.96. The third-order valence-electron chi connectivity index (χ3n) is 17.8. The van der Waals surface area contributed by atoms with Crippen LogP contribution in [0.3, 0.4) is 0 Å². The molecular weight excluding hydrogens is 1260 g/mol. The van der Waals surface area contributed by atoms with Crippen molar-refractivity contribution in [3.8, 4) is 0 Å². The molecular formula is C77H150O17P2. The molecule has 3 N–H and O–H groups in total. The molecule has 0 saturated heterocycles. The van der Waals surface area contributed by atoms with Gasteiger partial charge in [-0.25, -0.2) is 9.13 Å². The van der Waals surface area contributed by atoms with Gasteiger partial charge in [0.2, 0.25) is 0 Å². The molecule has 96 heavy (non-hydrogen) atoms. The summed E-state index contributed by atoms with van der Waals surface area (Å²) in [6.07, 6.45) is 51.5. The summed E-state index contributed by atoms with van der Waals surface area (Å²) in [5.74, 6) is 0.904. The molecule has 0 fully saturated rings. The van der Waals surface area contributed by atoms with Crippen LogP contribution in [-0.2, 0) is 65.4 Å². The second kappa shape index (κ2) is 66.3. The summed E-state index contributed by atoms with van der Waals surface area (Å²) < 4.78 is 68.5. The highest BCUT2D eigenvalue weighted by Crippen LogP contribution is 2.45. The number of unbranched alkanes of at least 4 members (excludes halogenated alkanes) is 40. The Bertz CT molecular complexity index is 1880. The standard InChI is InChI=1S/C77H150O17P2/c1-67(2)53-45-37-29-23-17-13-11-9-10-12-14-20-27-33-43-51-59-76(81)94-73(64-88-75(80)58-50-42-36-35-40-48-56-70(7)8)66-92-96(85,86)90-62-71(78)61-89-95(83,84)91-65-72(93-77(82)60-52-44-34-28-22-16-19-25-31-39-47-55-69(5)6)63-87-74(79)57-49-41-32-26-21-15-18-24-30-38-46-54-68(3)4/h67-73,78H,9-66H2,1-8H3,(H,83,84)(H,85,86)/t71?,72-,73-/m1/s1. The molecule has 0 aromatic rings. The fourth-order valence-corrected chi connectivity index (χ4v) is 13.3. The van der Waals surface area contributed by atoms with Crippen LogP contribution in [0.15, 0.2) is 0 Å². The minimum Gasteiger partial charge on any atom is -0.462 e. The van der Waals surface area contributed by atoms with Gasteiger partial charge in [0.1, 0.15) is 19.3 Å². The Morgan fingerprint density at radius 3 is 0.646 bits per heavy atom. The van der Waals surface area contributed by atoms with E-state index in [1.54, 1.807) is 0 Å². The van der Waals surface area contributed by atoms with Crippen LogP contribution in [0.25, 0.3) is 0 Å². The molecule has 0 saturated carbocycles. The Morgan fingerprint density at radius 2 is 0.438 bits per heavy atom. The highest BCUT2D eigenvalue weighted by molar-refractivity contribution is 7.47. The van der Waals surface area contributed by atoms with Crippen LogP contribution in [0.4, 0.5) is 0 Å². The fraction of sp³-hybridized carbons (Fsp3) is 0.948. The Kier molecular flexibility index (Phi) is 65.0. The molecule has 0 aromatic carbocycles. The number of phosphoric acid groups is 2. The molecule has 0 aliphatic carbocycles. The normalized spacial score (nSPS) is 14.1. The zero-order valence-corrected chi connectivity index (χ0v) is 64.8. The molecule has 570 valence electrons. The Morgan fingerprint density at radius 1 is 0.260 bits per heavy atom. The predicted molar refractivity (Wildman–Crippen MR) is 391 cm³/mol. The zero-order chi connectivity index (χ0) is 71.0. The molecule has 0 spiro atoms. The molecule has 0 amide bonds. The number of aliphatic hydroxyl groups excluding tert-OH is 1. The first-order valence-electron chi connectivity index (χ1n) is 39.7. The number of aliphatic hydroxyl groups is 1. The highest BCUT2D eigenvalue weighted by atomic mass is 31.2. The van der Waals surface area contributed by atoms with E-state index in [1.165, 1.54) is 186 Å². The van der Waals surface area contributed by atoms with Gasteiger partial charge in [0.05, 0.1) is 26.4 Å². The Labute approximate surface area is 588 Å². The molecule has 0 aliphatic heterocycles. The summed E-state index contributed by atoms with van der Waals surface area (Å²) in [4.78, 5) is 72.8. The van der Waals surface area contributed by atoms with E-state index in [1.807, 2.05) is 0 Å². The number of carbonyl (C=O) groups is 4. The summed E-state index contributed by atoms with van der Waals surface area (Å²) in [5, 5.41) is 10.6. The average Bonchev–Trinajstić information content (AvgIpc) is 1.44. The molecule has 5 atom stereocenters. The minimum absolute atomic E-state index is 0.106. The Hall–Kier alpha value is -1.94. The van der Waals surface area contributed by atoms with Gasteiger partial charge in [-0.15, -0.1) is 0 Å². The van der Waals surface area contributed by atoms with Gasteiger partial charge >= 0.3 is 39.5 Å². The van der Waals surface area contributed by atoms with E-state index >= 15 is 0 Å². The first kappa shape index (κ1) is 94.1. The molecule has 0 radical (unpaired) electrons. The van der Waals surface area contributed by atoms with Crippen molar-refractivity contribution >= 4 is 39.5 Å². The van der Waals surface area contributed by atoms with Gasteiger partial charge in [0.25, 0.3) is 0 Å². The summed E-state index contributed by atoms with van der Waals surface area (Å²) in [5.41, 5.74) is 0. The van der Waals surface area contributed by atoms with Crippen LogP contribution in [-0.4, -0.2) is 96.7 Å².